The highest BCUT2D eigenvalue weighted by molar-refractivity contribution is 6.50. The molecule has 0 amide bonds. The molecule has 0 atom stereocenters. The van der Waals surface area contributed by atoms with E-state index in [0.29, 0.717) is 27.9 Å². The molecule has 0 aliphatic carbocycles. The second kappa shape index (κ2) is 7.40. The summed E-state index contributed by atoms with van der Waals surface area (Å²) >= 11 is 6.32. The van der Waals surface area contributed by atoms with E-state index in [0.717, 1.165) is 5.56 Å². The topological polar surface area (TPSA) is 57.4 Å². The number of aryl methyl sites for hydroxylation is 1. The first-order valence-corrected chi connectivity index (χ1v) is 7.99. The molecule has 0 spiro atoms. The molecule has 2 aromatic carbocycles. The van der Waals surface area contributed by atoms with Gasteiger partial charge >= 0.3 is 0 Å². The van der Waals surface area contributed by atoms with E-state index in [1.807, 2.05) is 37.3 Å². The Bertz CT molecular complexity index is 901. The zero-order valence-electron chi connectivity index (χ0n) is 14.1. The SMILES string of the molecule is COc1ccc(-c2noc(/C(Cl)=C/c3ccc(C)cc3)n2)c(OC)c1. The van der Waals surface area contributed by atoms with Crippen molar-refractivity contribution in [3.8, 4) is 22.9 Å². The Kier molecular flexibility index (Phi) is 5.05. The molecule has 1 aromatic heterocycles. The fraction of sp³-hybridized carbons (Fsp3) is 0.158. The first kappa shape index (κ1) is 17.0. The van der Waals surface area contributed by atoms with Gasteiger partial charge in [0.15, 0.2) is 0 Å². The quantitative estimate of drug-likeness (QED) is 0.657. The highest BCUT2D eigenvalue weighted by Gasteiger charge is 2.16. The van der Waals surface area contributed by atoms with Crippen molar-refractivity contribution in [1.82, 2.24) is 10.1 Å². The Morgan fingerprint density at radius 2 is 1.84 bits per heavy atom. The summed E-state index contributed by atoms with van der Waals surface area (Å²) in [5, 5.41) is 4.37. The Morgan fingerprint density at radius 1 is 1.08 bits per heavy atom. The fourth-order valence-corrected chi connectivity index (χ4v) is 2.49. The van der Waals surface area contributed by atoms with E-state index in [-0.39, 0.29) is 5.89 Å². The number of hydrogen-bond acceptors (Lipinski definition) is 5. The van der Waals surface area contributed by atoms with Crippen LogP contribution in [0.25, 0.3) is 22.5 Å². The van der Waals surface area contributed by atoms with Crippen molar-refractivity contribution >= 4 is 22.7 Å². The lowest BCUT2D eigenvalue weighted by Crippen LogP contribution is -1.91. The first-order valence-electron chi connectivity index (χ1n) is 7.61. The predicted molar refractivity (Wildman–Crippen MR) is 97.7 cm³/mol. The average molecular weight is 357 g/mol. The van der Waals surface area contributed by atoms with Crippen LogP contribution in [0, 0.1) is 6.92 Å². The minimum atomic E-state index is 0.245. The number of rotatable bonds is 5. The zero-order chi connectivity index (χ0) is 17.8. The molecule has 0 radical (unpaired) electrons. The molecule has 5 nitrogen and oxygen atoms in total. The van der Waals surface area contributed by atoms with Gasteiger partial charge in [0.1, 0.15) is 16.5 Å². The third-order valence-electron chi connectivity index (χ3n) is 3.65. The van der Waals surface area contributed by atoms with Crippen LogP contribution in [-0.4, -0.2) is 24.4 Å². The molecular formula is C19H17ClN2O3. The van der Waals surface area contributed by atoms with Gasteiger partial charge in [0.05, 0.1) is 19.8 Å². The Hall–Kier alpha value is -2.79. The summed E-state index contributed by atoms with van der Waals surface area (Å²) in [7, 11) is 3.17. The van der Waals surface area contributed by atoms with Crippen molar-refractivity contribution in [1.29, 1.82) is 0 Å². The van der Waals surface area contributed by atoms with Gasteiger partial charge in [0.25, 0.3) is 5.89 Å². The largest absolute Gasteiger partial charge is 0.497 e. The molecule has 0 fully saturated rings. The summed E-state index contributed by atoms with van der Waals surface area (Å²) in [6.45, 7) is 2.03. The number of ether oxygens (including phenoxy) is 2. The molecule has 0 bridgehead atoms. The van der Waals surface area contributed by atoms with Gasteiger partial charge in [0, 0.05) is 6.07 Å². The van der Waals surface area contributed by atoms with Crippen LogP contribution in [0.3, 0.4) is 0 Å². The van der Waals surface area contributed by atoms with Gasteiger partial charge in [-0.15, -0.1) is 0 Å². The van der Waals surface area contributed by atoms with E-state index in [1.54, 1.807) is 32.4 Å². The monoisotopic (exact) mass is 356 g/mol. The van der Waals surface area contributed by atoms with Crippen LogP contribution in [0.15, 0.2) is 47.0 Å². The lowest BCUT2D eigenvalue weighted by molar-refractivity contribution is 0.393. The molecule has 0 aliphatic heterocycles. The van der Waals surface area contributed by atoms with Crippen molar-refractivity contribution in [3.63, 3.8) is 0 Å². The van der Waals surface area contributed by atoms with Gasteiger partial charge in [-0.25, -0.2) is 0 Å². The summed E-state index contributed by atoms with van der Waals surface area (Å²) in [5.74, 6) is 1.91. The normalized spacial score (nSPS) is 11.4. The van der Waals surface area contributed by atoms with Crippen molar-refractivity contribution in [3.05, 3.63) is 59.5 Å². The number of hydrogen-bond donors (Lipinski definition) is 0. The Morgan fingerprint density at radius 3 is 2.52 bits per heavy atom. The number of aromatic nitrogens is 2. The highest BCUT2D eigenvalue weighted by Crippen LogP contribution is 2.32. The van der Waals surface area contributed by atoms with Crippen LogP contribution in [0.1, 0.15) is 17.0 Å². The highest BCUT2D eigenvalue weighted by atomic mass is 35.5. The lowest BCUT2D eigenvalue weighted by Gasteiger charge is -2.07. The lowest BCUT2D eigenvalue weighted by atomic mass is 10.1. The van der Waals surface area contributed by atoms with Crippen LogP contribution < -0.4 is 9.47 Å². The minimum Gasteiger partial charge on any atom is -0.497 e. The molecule has 0 saturated heterocycles. The van der Waals surface area contributed by atoms with Gasteiger partial charge in [0.2, 0.25) is 5.82 Å². The van der Waals surface area contributed by atoms with E-state index in [1.165, 1.54) is 5.56 Å². The number of methoxy groups -OCH3 is 2. The summed E-state index contributed by atoms with van der Waals surface area (Å²) < 4.78 is 15.8. The van der Waals surface area contributed by atoms with Gasteiger partial charge in [-0.3, -0.25) is 0 Å². The second-order valence-electron chi connectivity index (χ2n) is 5.39. The summed E-state index contributed by atoms with van der Waals surface area (Å²) in [6.07, 6.45) is 1.78. The third kappa shape index (κ3) is 3.83. The molecule has 128 valence electrons. The molecule has 6 heteroatoms. The smallest absolute Gasteiger partial charge is 0.269 e. The summed E-state index contributed by atoms with van der Waals surface area (Å²) in [5.41, 5.74) is 2.83. The van der Waals surface area contributed by atoms with Gasteiger partial charge in [-0.2, -0.15) is 4.98 Å². The van der Waals surface area contributed by atoms with Gasteiger partial charge in [-0.05, 0) is 30.7 Å². The van der Waals surface area contributed by atoms with Crippen molar-refractivity contribution in [2.45, 2.75) is 6.92 Å². The van der Waals surface area contributed by atoms with Crippen LogP contribution in [0.4, 0.5) is 0 Å². The van der Waals surface area contributed by atoms with E-state index < -0.39 is 0 Å². The van der Waals surface area contributed by atoms with Crippen molar-refractivity contribution in [2.24, 2.45) is 0 Å². The molecule has 3 aromatic rings. The van der Waals surface area contributed by atoms with Crippen molar-refractivity contribution in [2.75, 3.05) is 14.2 Å². The molecule has 3 rings (SSSR count). The maximum absolute atomic E-state index is 6.32. The van der Waals surface area contributed by atoms with E-state index >= 15 is 0 Å². The van der Waals surface area contributed by atoms with Crippen LogP contribution in [-0.2, 0) is 0 Å². The van der Waals surface area contributed by atoms with E-state index in [9.17, 15) is 0 Å². The molecule has 25 heavy (non-hydrogen) atoms. The average Bonchev–Trinajstić information content (AvgIpc) is 3.13. The number of benzene rings is 2. The molecule has 0 N–H and O–H groups in total. The standard InChI is InChI=1S/C19H17ClN2O3/c1-12-4-6-13(7-5-12)10-16(20)19-21-18(22-25-19)15-9-8-14(23-2)11-17(15)24-3/h4-11H,1-3H3/b16-10-. The molecule has 0 unspecified atom stereocenters. The second-order valence-corrected chi connectivity index (χ2v) is 5.80. The summed E-state index contributed by atoms with van der Waals surface area (Å²) in [6, 6.07) is 13.3. The zero-order valence-corrected chi connectivity index (χ0v) is 14.9. The predicted octanol–water partition coefficient (Wildman–Crippen LogP) is 4.80. The molecule has 1 heterocycles. The Balaban J connectivity index is 1.91. The van der Waals surface area contributed by atoms with Gasteiger partial charge < -0.3 is 14.0 Å². The van der Waals surface area contributed by atoms with E-state index in [4.69, 9.17) is 25.6 Å². The maximum atomic E-state index is 6.32. The minimum absolute atomic E-state index is 0.245. The number of nitrogens with zero attached hydrogens (tertiary/aromatic N) is 2. The number of halogens is 1. The van der Waals surface area contributed by atoms with Crippen LogP contribution in [0.5, 0.6) is 11.5 Å². The first-order chi connectivity index (χ1) is 12.1. The summed E-state index contributed by atoms with van der Waals surface area (Å²) in [4.78, 5) is 4.36. The fourth-order valence-electron chi connectivity index (χ4n) is 2.28. The van der Waals surface area contributed by atoms with Crippen LogP contribution >= 0.6 is 11.6 Å². The maximum Gasteiger partial charge on any atom is 0.269 e. The van der Waals surface area contributed by atoms with Crippen LogP contribution in [0.2, 0.25) is 0 Å². The van der Waals surface area contributed by atoms with E-state index in [2.05, 4.69) is 10.1 Å². The molecule has 0 saturated carbocycles. The molecular weight excluding hydrogens is 340 g/mol. The molecule has 0 aliphatic rings. The third-order valence-corrected chi connectivity index (χ3v) is 3.92. The van der Waals surface area contributed by atoms with Gasteiger partial charge in [-0.1, -0.05) is 46.6 Å². The Labute approximate surface area is 150 Å². The van der Waals surface area contributed by atoms with Crippen molar-refractivity contribution < 1.29 is 14.0 Å².